The zero-order valence-corrected chi connectivity index (χ0v) is 10.9. The van der Waals surface area contributed by atoms with Gasteiger partial charge in [0, 0.05) is 0 Å². The van der Waals surface area contributed by atoms with E-state index in [-0.39, 0.29) is 0 Å². The lowest BCUT2D eigenvalue weighted by Gasteiger charge is -2.06. The summed E-state index contributed by atoms with van der Waals surface area (Å²) in [6.45, 7) is 0. The lowest BCUT2D eigenvalue weighted by Crippen LogP contribution is -2.06. The Hall–Kier alpha value is -1.94. The molecule has 0 radical (unpaired) electrons. The van der Waals surface area contributed by atoms with Crippen molar-refractivity contribution in [2.24, 2.45) is 0 Å². The van der Waals surface area contributed by atoms with E-state index in [1.807, 2.05) is 18.2 Å². The van der Waals surface area contributed by atoms with E-state index in [4.69, 9.17) is 16.3 Å². The Morgan fingerprint density at radius 1 is 0.900 bits per heavy atom. The molecule has 0 aliphatic heterocycles. The average molecular weight is 299 g/mol. The van der Waals surface area contributed by atoms with Gasteiger partial charge in [-0.2, -0.15) is 13.2 Å². The number of ether oxygens (including phenoxy) is 1. The standard InChI is InChI=1S/C15H10ClF3O/c16-14(15(17,18)19)10-11-6-8-13(9-7-11)20-12-4-2-1-3-5-12/h1-10H. The van der Waals surface area contributed by atoms with Gasteiger partial charge in [-0.3, -0.25) is 0 Å². The van der Waals surface area contributed by atoms with Crippen LogP contribution in [0.15, 0.2) is 59.6 Å². The predicted molar refractivity (Wildman–Crippen MR) is 72.8 cm³/mol. The molecule has 2 aromatic rings. The van der Waals surface area contributed by atoms with E-state index in [0.29, 0.717) is 17.1 Å². The van der Waals surface area contributed by atoms with Gasteiger partial charge in [0.05, 0.1) is 0 Å². The highest BCUT2D eigenvalue weighted by Crippen LogP contribution is 2.30. The molecular weight excluding hydrogens is 289 g/mol. The van der Waals surface area contributed by atoms with Crippen molar-refractivity contribution in [3.8, 4) is 11.5 Å². The molecule has 20 heavy (non-hydrogen) atoms. The maximum Gasteiger partial charge on any atom is 0.426 e. The van der Waals surface area contributed by atoms with E-state index in [1.54, 1.807) is 24.3 Å². The van der Waals surface area contributed by atoms with Crippen molar-refractivity contribution in [2.45, 2.75) is 6.18 Å². The largest absolute Gasteiger partial charge is 0.457 e. The summed E-state index contributed by atoms with van der Waals surface area (Å²) in [4.78, 5) is 0. The van der Waals surface area contributed by atoms with Gasteiger partial charge in [-0.1, -0.05) is 41.9 Å². The van der Waals surface area contributed by atoms with Crippen LogP contribution in [0, 0.1) is 0 Å². The van der Waals surface area contributed by atoms with Crippen LogP contribution in [0.1, 0.15) is 5.56 Å². The average Bonchev–Trinajstić information content (AvgIpc) is 2.41. The molecule has 0 saturated heterocycles. The molecule has 2 rings (SSSR count). The fraction of sp³-hybridized carbons (Fsp3) is 0.0667. The van der Waals surface area contributed by atoms with E-state index < -0.39 is 11.2 Å². The normalized spacial score (nSPS) is 12.3. The Bertz CT molecular complexity index is 589. The molecule has 0 aliphatic rings. The van der Waals surface area contributed by atoms with Crippen LogP contribution in [0.4, 0.5) is 13.2 Å². The molecule has 5 heteroatoms. The summed E-state index contributed by atoms with van der Waals surface area (Å²) >= 11 is 5.17. The van der Waals surface area contributed by atoms with Gasteiger partial charge in [-0.05, 0) is 35.9 Å². The Balaban J connectivity index is 2.11. The summed E-state index contributed by atoms with van der Waals surface area (Å²) in [5.74, 6) is 1.19. The Labute approximate surface area is 119 Å². The molecule has 1 nitrogen and oxygen atoms in total. The fourth-order valence-corrected chi connectivity index (χ4v) is 1.61. The van der Waals surface area contributed by atoms with Gasteiger partial charge in [-0.15, -0.1) is 0 Å². The maximum absolute atomic E-state index is 12.3. The van der Waals surface area contributed by atoms with Gasteiger partial charge >= 0.3 is 6.18 Å². The third-order valence-electron chi connectivity index (χ3n) is 2.42. The number of rotatable bonds is 3. The Morgan fingerprint density at radius 3 is 2.00 bits per heavy atom. The molecule has 0 saturated carbocycles. The number of allylic oxidation sites excluding steroid dienone is 1. The highest BCUT2D eigenvalue weighted by atomic mass is 35.5. The van der Waals surface area contributed by atoms with Crippen molar-refractivity contribution in [1.29, 1.82) is 0 Å². The highest BCUT2D eigenvalue weighted by molar-refractivity contribution is 6.32. The number of para-hydroxylation sites is 1. The zero-order chi connectivity index (χ0) is 14.6. The lowest BCUT2D eigenvalue weighted by molar-refractivity contribution is -0.0836. The van der Waals surface area contributed by atoms with Crippen LogP contribution in [0.3, 0.4) is 0 Å². The van der Waals surface area contributed by atoms with Crippen LogP contribution in [0.2, 0.25) is 0 Å². The summed E-state index contributed by atoms with van der Waals surface area (Å²) in [6.07, 6.45) is -3.66. The van der Waals surface area contributed by atoms with Crippen LogP contribution >= 0.6 is 11.6 Å². The highest BCUT2D eigenvalue weighted by Gasteiger charge is 2.32. The van der Waals surface area contributed by atoms with Gasteiger partial charge in [0.15, 0.2) is 0 Å². The smallest absolute Gasteiger partial charge is 0.426 e. The van der Waals surface area contributed by atoms with Gasteiger partial charge < -0.3 is 4.74 Å². The third kappa shape index (κ3) is 4.03. The molecule has 104 valence electrons. The first-order valence-corrected chi connectivity index (χ1v) is 6.10. The lowest BCUT2D eigenvalue weighted by atomic mass is 10.2. The topological polar surface area (TPSA) is 9.23 Å². The first-order chi connectivity index (χ1) is 9.45. The molecule has 0 aromatic heterocycles. The summed E-state index contributed by atoms with van der Waals surface area (Å²) < 4.78 is 42.4. The van der Waals surface area contributed by atoms with Crippen LogP contribution in [-0.4, -0.2) is 6.18 Å². The first-order valence-electron chi connectivity index (χ1n) is 5.72. The van der Waals surface area contributed by atoms with Crippen molar-refractivity contribution in [3.05, 3.63) is 65.2 Å². The summed E-state index contributed by atoms with van der Waals surface area (Å²) in [7, 11) is 0. The first kappa shape index (κ1) is 14.5. The molecule has 0 bridgehead atoms. The number of alkyl halides is 3. The van der Waals surface area contributed by atoms with E-state index in [9.17, 15) is 13.2 Å². The van der Waals surface area contributed by atoms with Crippen molar-refractivity contribution < 1.29 is 17.9 Å². The molecular formula is C15H10ClF3O. The molecule has 0 amide bonds. The molecule has 0 fully saturated rings. The van der Waals surface area contributed by atoms with Crippen LogP contribution in [-0.2, 0) is 0 Å². The van der Waals surface area contributed by atoms with Crippen molar-refractivity contribution >= 4 is 17.7 Å². The minimum Gasteiger partial charge on any atom is -0.457 e. The Kier molecular flexibility index (Phi) is 4.35. The number of benzene rings is 2. The van der Waals surface area contributed by atoms with E-state index >= 15 is 0 Å². The summed E-state index contributed by atoms with van der Waals surface area (Å²) in [5.41, 5.74) is 0.354. The number of hydrogen-bond donors (Lipinski definition) is 0. The molecule has 0 aliphatic carbocycles. The monoisotopic (exact) mass is 298 g/mol. The van der Waals surface area contributed by atoms with Gasteiger partial charge in [0.2, 0.25) is 0 Å². The van der Waals surface area contributed by atoms with Crippen molar-refractivity contribution in [3.63, 3.8) is 0 Å². The minimum absolute atomic E-state index is 0.354. The summed E-state index contributed by atoms with van der Waals surface area (Å²) in [6, 6.07) is 15.3. The van der Waals surface area contributed by atoms with Crippen molar-refractivity contribution in [2.75, 3.05) is 0 Å². The predicted octanol–water partition coefficient (Wildman–Crippen LogP) is 5.62. The SMILES string of the molecule is FC(F)(F)C(Cl)=Cc1ccc(Oc2ccccc2)cc1. The minimum atomic E-state index is -4.53. The summed E-state index contributed by atoms with van der Waals surface area (Å²) in [5, 5.41) is -1.16. The molecule has 2 aromatic carbocycles. The van der Waals surface area contributed by atoms with E-state index in [0.717, 1.165) is 6.08 Å². The van der Waals surface area contributed by atoms with Gasteiger partial charge in [0.25, 0.3) is 0 Å². The van der Waals surface area contributed by atoms with E-state index in [1.165, 1.54) is 12.1 Å². The van der Waals surface area contributed by atoms with E-state index in [2.05, 4.69) is 0 Å². The second kappa shape index (κ2) is 6.01. The second-order valence-electron chi connectivity index (χ2n) is 3.97. The number of hydrogen-bond acceptors (Lipinski definition) is 1. The zero-order valence-electron chi connectivity index (χ0n) is 10.2. The molecule has 0 heterocycles. The van der Waals surface area contributed by atoms with Gasteiger partial charge in [-0.25, -0.2) is 0 Å². The van der Waals surface area contributed by atoms with Crippen LogP contribution < -0.4 is 4.74 Å². The van der Waals surface area contributed by atoms with Gasteiger partial charge in [0.1, 0.15) is 16.5 Å². The second-order valence-corrected chi connectivity index (χ2v) is 4.38. The quantitative estimate of drug-likeness (QED) is 0.714. The maximum atomic E-state index is 12.3. The van der Waals surface area contributed by atoms with Crippen molar-refractivity contribution in [1.82, 2.24) is 0 Å². The van der Waals surface area contributed by atoms with Crippen LogP contribution in [0.25, 0.3) is 6.08 Å². The third-order valence-corrected chi connectivity index (χ3v) is 2.75. The molecule has 0 spiro atoms. The van der Waals surface area contributed by atoms with Crippen LogP contribution in [0.5, 0.6) is 11.5 Å². The molecule has 0 unspecified atom stereocenters. The fourth-order valence-electron chi connectivity index (χ4n) is 1.48. The molecule has 0 N–H and O–H groups in total. The molecule has 0 atom stereocenters. The number of halogens is 4. The Morgan fingerprint density at radius 2 is 1.45 bits per heavy atom.